The minimum Gasteiger partial charge on any atom is -0.493 e. The number of nitrogens with one attached hydrogen (secondary N) is 2. The quantitative estimate of drug-likeness (QED) is 0.0906. The largest absolute Gasteiger partial charge is 0.493 e. The first-order valence-electron chi connectivity index (χ1n) is 20.0. The SMILES string of the molecule is COc1cc2c(N[C@H](C)c3cccc(Br)c3)nc(C)nc2cc1OCCCCCCCCCN1CCN(C(=O)COc2cccc(N3CCC(=O)NC3=O)c2)CC1. The molecule has 14 heteroatoms. The summed E-state index contributed by atoms with van der Waals surface area (Å²) in [5.41, 5.74) is 2.59. The summed E-state index contributed by atoms with van der Waals surface area (Å²) < 4.78 is 18.8. The molecule has 2 N–H and O–H groups in total. The van der Waals surface area contributed by atoms with Crippen LogP contribution < -0.4 is 29.7 Å². The van der Waals surface area contributed by atoms with E-state index in [2.05, 4.69) is 50.5 Å². The molecule has 4 amide bonds. The summed E-state index contributed by atoms with van der Waals surface area (Å²) in [6.45, 7) is 9.05. The van der Waals surface area contributed by atoms with Gasteiger partial charge < -0.3 is 24.4 Å². The van der Waals surface area contributed by atoms with Crippen LogP contribution in [0.1, 0.15) is 75.7 Å². The lowest BCUT2D eigenvalue weighted by Crippen LogP contribution is -2.50. The van der Waals surface area contributed by atoms with E-state index in [1.165, 1.54) is 30.6 Å². The minimum absolute atomic E-state index is 0.0437. The van der Waals surface area contributed by atoms with Crippen LogP contribution in [0.25, 0.3) is 10.9 Å². The van der Waals surface area contributed by atoms with E-state index in [1.54, 1.807) is 31.4 Å². The van der Waals surface area contributed by atoms with E-state index in [-0.39, 0.29) is 30.9 Å². The number of anilines is 2. The van der Waals surface area contributed by atoms with Crippen molar-refractivity contribution < 1.29 is 28.6 Å². The lowest BCUT2D eigenvalue weighted by atomic mass is 10.1. The maximum Gasteiger partial charge on any atom is 0.328 e. The van der Waals surface area contributed by atoms with E-state index in [4.69, 9.17) is 24.2 Å². The van der Waals surface area contributed by atoms with E-state index in [1.807, 2.05) is 36.1 Å². The Balaban J connectivity index is 0.829. The standard InChI is InChI=1S/C43H54BrN7O6/c1-30(32-13-11-14-33(44)25-32)45-42-36-27-38(55-3)39(28-37(36)46-31(2)47-42)56-24-10-8-6-4-5-7-9-18-49-20-22-50(23-21-49)41(53)29-57-35-16-12-15-34(26-35)51-19-17-40(52)48-43(51)54/h11-16,25-28,30H,4-10,17-24,29H2,1-3H3,(H,45,46,47)(H,48,52,54)/t30-/m1/s1. The summed E-state index contributed by atoms with van der Waals surface area (Å²) in [4.78, 5) is 51.7. The Bertz CT molecular complexity index is 2010. The van der Waals surface area contributed by atoms with Crippen molar-refractivity contribution in [3.8, 4) is 17.2 Å². The van der Waals surface area contributed by atoms with Crippen molar-refractivity contribution >= 4 is 56.2 Å². The van der Waals surface area contributed by atoms with Crippen LogP contribution in [0.5, 0.6) is 17.2 Å². The maximum atomic E-state index is 12.9. The second-order valence-electron chi connectivity index (χ2n) is 14.6. The van der Waals surface area contributed by atoms with Crippen LogP contribution in [0, 0.1) is 6.92 Å². The molecule has 0 unspecified atom stereocenters. The monoisotopic (exact) mass is 843 g/mol. The Morgan fingerprint density at radius 1 is 0.877 bits per heavy atom. The summed E-state index contributed by atoms with van der Waals surface area (Å²) in [6.07, 6.45) is 8.29. The third-order valence-electron chi connectivity index (χ3n) is 10.4. The molecular weight excluding hydrogens is 790 g/mol. The molecule has 6 rings (SSSR count). The van der Waals surface area contributed by atoms with Gasteiger partial charge in [0.15, 0.2) is 18.1 Å². The van der Waals surface area contributed by atoms with Gasteiger partial charge in [-0.3, -0.25) is 24.7 Å². The molecule has 2 aliphatic rings. The zero-order chi connectivity index (χ0) is 40.1. The highest BCUT2D eigenvalue weighted by Crippen LogP contribution is 2.36. The van der Waals surface area contributed by atoms with Crippen LogP contribution in [0.3, 0.4) is 0 Å². The highest BCUT2D eigenvalue weighted by atomic mass is 79.9. The third kappa shape index (κ3) is 11.8. The molecule has 304 valence electrons. The summed E-state index contributed by atoms with van der Waals surface area (Å²) in [5.74, 6) is 3.00. The zero-order valence-corrected chi connectivity index (χ0v) is 34.8. The van der Waals surface area contributed by atoms with Crippen LogP contribution in [0.4, 0.5) is 16.3 Å². The van der Waals surface area contributed by atoms with Crippen LogP contribution in [-0.4, -0.2) is 97.2 Å². The van der Waals surface area contributed by atoms with Crippen molar-refractivity contribution in [2.24, 2.45) is 0 Å². The van der Waals surface area contributed by atoms with Gasteiger partial charge in [-0.2, -0.15) is 0 Å². The molecule has 0 saturated carbocycles. The predicted molar refractivity (Wildman–Crippen MR) is 225 cm³/mol. The van der Waals surface area contributed by atoms with Crippen LogP contribution in [-0.2, 0) is 9.59 Å². The topological polar surface area (TPSA) is 138 Å². The van der Waals surface area contributed by atoms with Gasteiger partial charge in [-0.05, 0) is 69.1 Å². The number of benzene rings is 3. The number of imide groups is 1. The van der Waals surface area contributed by atoms with Gasteiger partial charge in [0, 0.05) is 66.8 Å². The molecule has 0 spiro atoms. The highest BCUT2D eigenvalue weighted by Gasteiger charge is 2.25. The number of hydrogen-bond donors (Lipinski definition) is 2. The number of amides is 4. The average molecular weight is 845 g/mol. The van der Waals surface area contributed by atoms with E-state index in [9.17, 15) is 14.4 Å². The van der Waals surface area contributed by atoms with Crippen molar-refractivity contribution in [3.05, 3.63) is 76.5 Å². The number of fused-ring (bicyclic) bond motifs is 1. The lowest BCUT2D eigenvalue weighted by Gasteiger charge is -2.34. The van der Waals surface area contributed by atoms with E-state index >= 15 is 0 Å². The van der Waals surface area contributed by atoms with Gasteiger partial charge in [-0.25, -0.2) is 14.8 Å². The molecule has 0 aliphatic carbocycles. The van der Waals surface area contributed by atoms with Crippen molar-refractivity contribution in [2.75, 3.05) is 69.8 Å². The molecule has 57 heavy (non-hydrogen) atoms. The number of rotatable bonds is 19. The van der Waals surface area contributed by atoms with E-state index in [0.717, 1.165) is 65.7 Å². The van der Waals surface area contributed by atoms with Crippen molar-refractivity contribution in [1.29, 1.82) is 0 Å². The average Bonchev–Trinajstić information content (AvgIpc) is 3.20. The molecule has 2 saturated heterocycles. The second kappa shape index (κ2) is 20.5. The van der Waals surface area contributed by atoms with Crippen molar-refractivity contribution in [3.63, 3.8) is 0 Å². The number of carbonyl (C=O) groups is 3. The molecule has 0 radical (unpaired) electrons. The van der Waals surface area contributed by atoms with Crippen LogP contribution in [0.2, 0.25) is 0 Å². The molecule has 4 aromatic rings. The smallest absolute Gasteiger partial charge is 0.328 e. The number of aromatic nitrogens is 2. The maximum absolute atomic E-state index is 12.9. The number of methoxy groups -OCH3 is 1. The lowest BCUT2D eigenvalue weighted by molar-refractivity contribution is -0.135. The van der Waals surface area contributed by atoms with Crippen molar-refractivity contribution in [2.45, 2.75) is 71.3 Å². The van der Waals surface area contributed by atoms with E-state index < -0.39 is 6.03 Å². The van der Waals surface area contributed by atoms with Gasteiger partial charge in [0.25, 0.3) is 5.91 Å². The van der Waals surface area contributed by atoms with E-state index in [0.29, 0.717) is 55.0 Å². The molecule has 3 heterocycles. The normalized spacial score (nSPS) is 15.4. The summed E-state index contributed by atoms with van der Waals surface area (Å²) >= 11 is 3.57. The Labute approximate surface area is 343 Å². The molecule has 2 aliphatic heterocycles. The van der Waals surface area contributed by atoms with Gasteiger partial charge >= 0.3 is 6.03 Å². The Kier molecular flexibility index (Phi) is 15.0. The number of piperazine rings is 1. The fourth-order valence-corrected chi connectivity index (χ4v) is 7.63. The number of carbonyl (C=O) groups excluding carboxylic acids is 3. The number of unbranched alkanes of at least 4 members (excludes halogenated alkanes) is 6. The number of ether oxygens (including phenoxy) is 3. The molecule has 0 bridgehead atoms. The fourth-order valence-electron chi connectivity index (χ4n) is 7.21. The molecule has 2 fully saturated rings. The van der Waals surface area contributed by atoms with Gasteiger partial charge in [0.1, 0.15) is 17.4 Å². The molecule has 1 aromatic heterocycles. The van der Waals surface area contributed by atoms with Gasteiger partial charge in [-0.15, -0.1) is 0 Å². The van der Waals surface area contributed by atoms with Crippen molar-refractivity contribution in [1.82, 2.24) is 25.1 Å². The van der Waals surface area contributed by atoms with Crippen LogP contribution in [0.15, 0.2) is 65.1 Å². The Hall–Kier alpha value is -4.95. The number of nitrogens with zero attached hydrogens (tertiary/aromatic N) is 5. The summed E-state index contributed by atoms with van der Waals surface area (Å²) in [6, 6.07) is 18.8. The number of urea groups is 1. The first-order valence-corrected chi connectivity index (χ1v) is 20.8. The highest BCUT2D eigenvalue weighted by molar-refractivity contribution is 9.10. The first kappa shape index (κ1) is 41.7. The van der Waals surface area contributed by atoms with Crippen LogP contribution >= 0.6 is 15.9 Å². The summed E-state index contributed by atoms with van der Waals surface area (Å²) in [7, 11) is 1.66. The number of aryl methyl sites for hydroxylation is 1. The number of halogens is 1. The molecule has 1 atom stereocenters. The Morgan fingerprint density at radius 2 is 1.63 bits per heavy atom. The second-order valence-corrected chi connectivity index (χ2v) is 15.6. The predicted octanol–water partition coefficient (Wildman–Crippen LogP) is 7.66. The van der Waals surface area contributed by atoms with Gasteiger partial charge in [-0.1, -0.05) is 66.2 Å². The minimum atomic E-state index is -0.451. The third-order valence-corrected chi connectivity index (χ3v) is 10.9. The fraction of sp³-hybridized carbons (Fsp3) is 0.465. The zero-order valence-electron chi connectivity index (χ0n) is 33.2. The molecule has 13 nitrogen and oxygen atoms in total. The van der Waals surface area contributed by atoms with Gasteiger partial charge in [0.2, 0.25) is 5.91 Å². The number of hydrogen-bond acceptors (Lipinski definition) is 10. The summed E-state index contributed by atoms with van der Waals surface area (Å²) in [5, 5.41) is 6.77. The molecule has 3 aromatic carbocycles. The molecular formula is C43H54BrN7O6. The Morgan fingerprint density at radius 3 is 2.39 bits per heavy atom. The first-order chi connectivity index (χ1) is 27.7. The van der Waals surface area contributed by atoms with Gasteiger partial charge in [0.05, 0.1) is 25.3 Å².